The molecule has 0 saturated carbocycles. The van der Waals surface area contributed by atoms with Crippen molar-refractivity contribution in [2.75, 3.05) is 24.3 Å². The van der Waals surface area contributed by atoms with Gasteiger partial charge in [0.2, 0.25) is 5.91 Å². The van der Waals surface area contributed by atoms with Crippen molar-refractivity contribution in [3.8, 4) is 11.5 Å². The summed E-state index contributed by atoms with van der Waals surface area (Å²) in [4.78, 5) is 25.6. The van der Waals surface area contributed by atoms with Crippen molar-refractivity contribution in [2.24, 2.45) is 7.05 Å². The van der Waals surface area contributed by atoms with Gasteiger partial charge >= 0.3 is 0 Å². The molecular formula is C27H23N5O4S. The summed E-state index contributed by atoms with van der Waals surface area (Å²) < 4.78 is 15.1. The van der Waals surface area contributed by atoms with Gasteiger partial charge in [0, 0.05) is 29.6 Å². The fourth-order valence-corrected chi connectivity index (χ4v) is 5.18. The Morgan fingerprint density at radius 1 is 0.946 bits per heavy atom. The molecule has 2 aromatic heterocycles. The van der Waals surface area contributed by atoms with Crippen LogP contribution >= 0.6 is 11.8 Å². The van der Waals surface area contributed by atoms with Crippen LogP contribution in [0, 0.1) is 0 Å². The van der Waals surface area contributed by atoms with E-state index in [0.717, 1.165) is 11.0 Å². The van der Waals surface area contributed by atoms with Gasteiger partial charge in [-0.2, -0.15) is 0 Å². The van der Waals surface area contributed by atoms with Crippen molar-refractivity contribution >= 4 is 45.2 Å². The molecule has 9 nitrogen and oxygen atoms in total. The van der Waals surface area contributed by atoms with Crippen molar-refractivity contribution in [3.05, 3.63) is 82.8 Å². The zero-order valence-corrected chi connectivity index (χ0v) is 20.8. The van der Waals surface area contributed by atoms with Gasteiger partial charge in [0.05, 0.1) is 23.3 Å². The number of fused-ring (bicyclic) bond motifs is 3. The number of para-hydroxylation sites is 2. The molecule has 0 bridgehead atoms. The Morgan fingerprint density at radius 2 is 1.62 bits per heavy atom. The Labute approximate surface area is 216 Å². The second kappa shape index (κ2) is 9.62. The number of carbonyl (C=O) groups is 1. The minimum absolute atomic E-state index is 0.0145. The molecule has 0 unspecified atom stereocenters. The number of hydrogen-bond acceptors (Lipinski definition) is 7. The molecule has 1 amide bonds. The van der Waals surface area contributed by atoms with Gasteiger partial charge in [-0.25, -0.2) is 0 Å². The first kappa shape index (κ1) is 23.1. The van der Waals surface area contributed by atoms with E-state index in [9.17, 15) is 9.59 Å². The van der Waals surface area contributed by atoms with E-state index in [1.54, 1.807) is 18.2 Å². The topological polar surface area (TPSA) is 100 Å². The predicted octanol–water partition coefficient (Wildman–Crippen LogP) is 3.83. The highest BCUT2D eigenvalue weighted by atomic mass is 32.2. The molecule has 0 aliphatic carbocycles. The van der Waals surface area contributed by atoms with Crippen LogP contribution in [-0.4, -0.2) is 44.2 Å². The lowest BCUT2D eigenvalue weighted by molar-refractivity contribution is -0.113. The zero-order valence-electron chi connectivity index (χ0n) is 20.0. The van der Waals surface area contributed by atoms with E-state index >= 15 is 0 Å². The summed E-state index contributed by atoms with van der Waals surface area (Å²) in [6.45, 7) is 1.43. The number of carbonyl (C=O) groups excluding carboxylic acids is 1. The molecule has 0 fully saturated rings. The number of ether oxygens (including phenoxy) is 2. The Hall–Kier alpha value is -4.31. The zero-order chi connectivity index (χ0) is 25.4. The fraction of sp³-hybridized carbons (Fsp3) is 0.185. The van der Waals surface area contributed by atoms with Gasteiger partial charge in [-0.1, -0.05) is 36.0 Å². The van der Waals surface area contributed by atoms with E-state index in [-0.39, 0.29) is 17.1 Å². The molecule has 6 rings (SSSR count). The first-order valence-electron chi connectivity index (χ1n) is 11.8. The third-order valence-electron chi connectivity index (χ3n) is 6.26. The molecule has 37 heavy (non-hydrogen) atoms. The quantitative estimate of drug-likeness (QED) is 0.272. The largest absolute Gasteiger partial charge is 0.486 e. The van der Waals surface area contributed by atoms with Crippen LogP contribution in [0.3, 0.4) is 0 Å². The summed E-state index contributed by atoms with van der Waals surface area (Å²) in [5.41, 5.74) is 2.33. The highest BCUT2D eigenvalue weighted by Crippen LogP contribution is 2.32. The Balaban J connectivity index is 1.20. The lowest BCUT2D eigenvalue weighted by Crippen LogP contribution is -2.17. The third kappa shape index (κ3) is 4.40. The molecule has 3 aromatic carbocycles. The van der Waals surface area contributed by atoms with Gasteiger partial charge in [0.15, 0.2) is 27.9 Å². The maximum atomic E-state index is 13.0. The number of amides is 1. The maximum Gasteiger partial charge on any atom is 0.234 e. The predicted molar refractivity (Wildman–Crippen MR) is 143 cm³/mol. The second-order valence-electron chi connectivity index (χ2n) is 8.60. The highest BCUT2D eigenvalue weighted by Gasteiger charge is 2.17. The van der Waals surface area contributed by atoms with Crippen LogP contribution < -0.4 is 20.2 Å². The molecule has 0 atom stereocenters. The van der Waals surface area contributed by atoms with Crippen molar-refractivity contribution in [1.82, 2.24) is 19.3 Å². The van der Waals surface area contributed by atoms with Crippen LogP contribution in [0.2, 0.25) is 0 Å². The third-order valence-corrected chi connectivity index (χ3v) is 7.28. The molecule has 3 heterocycles. The summed E-state index contributed by atoms with van der Waals surface area (Å²) in [7, 11) is 1.88. The maximum absolute atomic E-state index is 13.0. The summed E-state index contributed by atoms with van der Waals surface area (Å²) in [6.07, 6.45) is 0. The minimum atomic E-state index is -0.163. The molecular weight excluding hydrogens is 490 g/mol. The van der Waals surface area contributed by atoms with E-state index in [1.807, 2.05) is 60.1 Å². The number of hydrogen-bond donors (Lipinski definition) is 1. The van der Waals surface area contributed by atoms with Crippen LogP contribution in [0.1, 0.15) is 5.82 Å². The Kier molecular flexibility index (Phi) is 6.01. The molecule has 186 valence electrons. The number of rotatable bonds is 6. The van der Waals surface area contributed by atoms with Crippen LogP contribution in [0.5, 0.6) is 11.5 Å². The molecule has 0 spiro atoms. The number of benzene rings is 3. The van der Waals surface area contributed by atoms with E-state index < -0.39 is 0 Å². The Morgan fingerprint density at radius 3 is 2.35 bits per heavy atom. The van der Waals surface area contributed by atoms with Crippen molar-refractivity contribution in [2.45, 2.75) is 11.7 Å². The molecule has 10 heteroatoms. The average molecular weight is 514 g/mol. The summed E-state index contributed by atoms with van der Waals surface area (Å²) in [5.74, 6) is 2.02. The summed E-state index contributed by atoms with van der Waals surface area (Å²) in [6, 6.07) is 20.5. The van der Waals surface area contributed by atoms with Gasteiger partial charge in [-0.3, -0.25) is 9.59 Å². The normalized spacial score (nSPS) is 12.7. The van der Waals surface area contributed by atoms with Crippen molar-refractivity contribution < 1.29 is 14.3 Å². The number of anilines is 1. The Bertz CT molecular complexity index is 1650. The number of pyridine rings is 1. The van der Waals surface area contributed by atoms with E-state index in [0.29, 0.717) is 58.7 Å². The molecule has 0 saturated heterocycles. The summed E-state index contributed by atoms with van der Waals surface area (Å²) in [5, 5.41) is 13.5. The second-order valence-corrected chi connectivity index (χ2v) is 9.55. The van der Waals surface area contributed by atoms with Gasteiger partial charge in [0.25, 0.3) is 0 Å². The van der Waals surface area contributed by atoms with Crippen LogP contribution in [0.15, 0.2) is 76.7 Å². The minimum Gasteiger partial charge on any atom is -0.486 e. The standard InChI is InChI=1S/C27H23N5O4S/c1-31-24(15-32-20-8-4-2-6-18(20)26(34)19-7-3-5-9-21(19)32)29-30-27(31)37-16-25(33)28-17-10-11-22-23(14-17)36-13-12-35-22/h2-11,14H,12-13,15-16H2,1H3,(H,28,33). The van der Waals surface area contributed by atoms with E-state index in [1.165, 1.54) is 11.8 Å². The first-order chi connectivity index (χ1) is 18.1. The number of aromatic nitrogens is 4. The molecule has 0 radical (unpaired) electrons. The van der Waals surface area contributed by atoms with Gasteiger partial charge in [-0.15, -0.1) is 10.2 Å². The van der Waals surface area contributed by atoms with Gasteiger partial charge < -0.3 is 23.9 Å². The van der Waals surface area contributed by atoms with Gasteiger partial charge in [0.1, 0.15) is 13.2 Å². The fourth-order valence-electron chi connectivity index (χ4n) is 4.45. The highest BCUT2D eigenvalue weighted by molar-refractivity contribution is 7.99. The van der Waals surface area contributed by atoms with Crippen molar-refractivity contribution in [3.63, 3.8) is 0 Å². The summed E-state index contributed by atoms with van der Waals surface area (Å²) >= 11 is 1.31. The average Bonchev–Trinajstić information content (AvgIpc) is 3.28. The lowest BCUT2D eigenvalue weighted by atomic mass is 10.1. The number of nitrogens with zero attached hydrogens (tertiary/aromatic N) is 4. The molecule has 5 aromatic rings. The molecule has 1 aliphatic rings. The number of nitrogens with one attached hydrogen (secondary N) is 1. The van der Waals surface area contributed by atoms with Crippen LogP contribution in [0.25, 0.3) is 21.8 Å². The van der Waals surface area contributed by atoms with Gasteiger partial charge in [-0.05, 0) is 36.4 Å². The van der Waals surface area contributed by atoms with Crippen molar-refractivity contribution in [1.29, 1.82) is 0 Å². The SMILES string of the molecule is Cn1c(Cn2c3ccccc3c(=O)c3ccccc32)nnc1SCC(=O)Nc1ccc2c(c1)OCCO2. The van der Waals surface area contributed by atoms with Crippen LogP contribution in [-0.2, 0) is 18.4 Å². The monoisotopic (exact) mass is 513 g/mol. The molecule has 1 aliphatic heterocycles. The number of thioether (sulfide) groups is 1. The molecule has 1 N–H and O–H groups in total. The smallest absolute Gasteiger partial charge is 0.234 e. The van der Waals surface area contributed by atoms with Crippen LogP contribution in [0.4, 0.5) is 5.69 Å². The lowest BCUT2D eigenvalue weighted by Gasteiger charge is -2.19. The first-order valence-corrected chi connectivity index (χ1v) is 12.8. The van der Waals surface area contributed by atoms with E-state index in [4.69, 9.17) is 9.47 Å². The van der Waals surface area contributed by atoms with E-state index in [2.05, 4.69) is 20.1 Å².